The fourth-order valence-electron chi connectivity index (χ4n) is 1.56. The number of carboxylic acid groups (broad SMARTS) is 1. The van der Waals surface area contributed by atoms with Crippen LogP contribution in [0.2, 0.25) is 0 Å². The molecule has 0 aliphatic rings. The molecule has 0 unspecified atom stereocenters. The van der Waals surface area contributed by atoms with Crippen LogP contribution in [-0.4, -0.2) is 20.5 Å². The molecule has 0 radical (unpaired) electrons. The molecule has 0 saturated carbocycles. The summed E-state index contributed by atoms with van der Waals surface area (Å²) in [5.74, 6) is -0.955. The average Bonchev–Trinajstić information content (AvgIpc) is 2.93. The molecule has 4 nitrogen and oxygen atoms in total. The number of hydrogen-bond acceptors (Lipinski definition) is 4. The molecule has 3 heterocycles. The van der Waals surface area contributed by atoms with E-state index in [0.717, 1.165) is 10.6 Å². The zero-order valence-electron chi connectivity index (χ0n) is 7.95. The van der Waals surface area contributed by atoms with Crippen LogP contribution in [0.15, 0.2) is 29.1 Å². The van der Waals surface area contributed by atoms with E-state index in [-0.39, 0.29) is 5.69 Å². The second-order valence-corrected chi connectivity index (χ2v) is 4.95. The van der Waals surface area contributed by atoms with Crippen molar-refractivity contribution in [2.75, 3.05) is 0 Å². The quantitative estimate of drug-likeness (QED) is 0.761. The van der Waals surface area contributed by atoms with E-state index in [2.05, 4.69) is 4.98 Å². The minimum atomic E-state index is -0.955. The molecule has 0 atom stereocenters. The second kappa shape index (κ2) is 3.43. The fourth-order valence-corrected chi connectivity index (χ4v) is 3.23. The Kier molecular flexibility index (Phi) is 2.05. The first-order valence-electron chi connectivity index (χ1n) is 4.49. The fraction of sp³-hybridized carbons (Fsp3) is 0. The Morgan fingerprint density at radius 2 is 2.31 bits per heavy atom. The summed E-state index contributed by atoms with van der Waals surface area (Å²) in [6.45, 7) is 0. The highest BCUT2D eigenvalue weighted by Crippen LogP contribution is 2.30. The van der Waals surface area contributed by atoms with Gasteiger partial charge in [0.1, 0.15) is 0 Å². The lowest BCUT2D eigenvalue weighted by Gasteiger charge is -1.97. The van der Waals surface area contributed by atoms with Gasteiger partial charge in [0.05, 0.1) is 16.8 Å². The van der Waals surface area contributed by atoms with Gasteiger partial charge in [0.15, 0.2) is 10.7 Å². The molecule has 1 N–H and O–H groups in total. The van der Waals surface area contributed by atoms with Crippen molar-refractivity contribution in [1.29, 1.82) is 0 Å². The lowest BCUT2D eigenvalue weighted by atomic mass is 10.3. The highest BCUT2D eigenvalue weighted by atomic mass is 32.1. The lowest BCUT2D eigenvalue weighted by Crippen LogP contribution is -2.01. The smallest absolute Gasteiger partial charge is 0.354 e. The Morgan fingerprint density at radius 3 is 3.00 bits per heavy atom. The maximum atomic E-state index is 11.0. The topological polar surface area (TPSA) is 54.6 Å². The van der Waals surface area contributed by atoms with Crippen LogP contribution >= 0.6 is 22.7 Å². The summed E-state index contributed by atoms with van der Waals surface area (Å²) in [6.07, 6.45) is 1.39. The van der Waals surface area contributed by atoms with Gasteiger partial charge in [-0.15, -0.1) is 22.7 Å². The molecule has 0 saturated heterocycles. The third-order valence-corrected chi connectivity index (χ3v) is 3.97. The van der Waals surface area contributed by atoms with Crippen molar-refractivity contribution in [3.05, 3.63) is 34.8 Å². The van der Waals surface area contributed by atoms with Gasteiger partial charge in [-0.1, -0.05) is 6.07 Å². The van der Waals surface area contributed by atoms with Crippen molar-refractivity contribution in [3.8, 4) is 10.6 Å². The van der Waals surface area contributed by atoms with Gasteiger partial charge in [-0.05, 0) is 11.4 Å². The summed E-state index contributed by atoms with van der Waals surface area (Å²) in [6, 6.07) is 3.92. The van der Waals surface area contributed by atoms with Crippen molar-refractivity contribution in [2.45, 2.75) is 0 Å². The minimum absolute atomic E-state index is 0.208. The number of carboxylic acids is 1. The van der Waals surface area contributed by atoms with Crippen LogP contribution in [-0.2, 0) is 0 Å². The predicted molar refractivity (Wildman–Crippen MR) is 63.3 cm³/mol. The Hall–Kier alpha value is -1.66. The molecule has 0 bridgehead atoms. The van der Waals surface area contributed by atoms with E-state index >= 15 is 0 Å². The van der Waals surface area contributed by atoms with Crippen LogP contribution in [0, 0.1) is 0 Å². The van der Waals surface area contributed by atoms with E-state index in [1.807, 2.05) is 22.9 Å². The molecule has 0 amide bonds. The maximum Gasteiger partial charge on any atom is 0.354 e. The largest absolute Gasteiger partial charge is 0.477 e. The molecule has 0 fully saturated rings. The van der Waals surface area contributed by atoms with Crippen molar-refractivity contribution in [2.24, 2.45) is 0 Å². The van der Waals surface area contributed by atoms with E-state index in [9.17, 15) is 4.79 Å². The molecular formula is C10H6N2O2S2. The zero-order valence-corrected chi connectivity index (χ0v) is 9.59. The third kappa shape index (κ3) is 1.27. The van der Waals surface area contributed by atoms with Gasteiger partial charge in [-0.25, -0.2) is 9.78 Å². The van der Waals surface area contributed by atoms with E-state index < -0.39 is 5.97 Å². The standard InChI is InChI=1S/C10H6N2O2S2/c13-9(14)6-4-11-10-12(6)7(5-16-10)8-2-1-3-15-8/h1-5H,(H,13,14). The molecule has 3 rings (SSSR count). The summed E-state index contributed by atoms with van der Waals surface area (Å²) in [4.78, 5) is 16.9. The number of thiazole rings is 1. The van der Waals surface area contributed by atoms with Crippen LogP contribution < -0.4 is 0 Å². The van der Waals surface area contributed by atoms with Crippen LogP contribution in [0.3, 0.4) is 0 Å². The van der Waals surface area contributed by atoms with Crippen molar-refractivity contribution >= 4 is 33.6 Å². The van der Waals surface area contributed by atoms with Crippen LogP contribution in [0.4, 0.5) is 0 Å². The number of imidazole rings is 1. The molecule has 3 aromatic heterocycles. The maximum absolute atomic E-state index is 11.0. The number of rotatable bonds is 2. The highest BCUT2D eigenvalue weighted by Gasteiger charge is 2.16. The molecule has 0 aromatic carbocycles. The number of carbonyl (C=O) groups is 1. The van der Waals surface area contributed by atoms with Crippen LogP contribution in [0.25, 0.3) is 15.5 Å². The third-order valence-electron chi connectivity index (χ3n) is 2.24. The first-order chi connectivity index (χ1) is 7.77. The van der Waals surface area contributed by atoms with Crippen LogP contribution in [0.5, 0.6) is 0 Å². The summed E-state index contributed by atoms with van der Waals surface area (Å²) >= 11 is 3.03. The molecule has 0 spiro atoms. The van der Waals surface area contributed by atoms with Gasteiger partial charge in [-0.3, -0.25) is 4.40 Å². The van der Waals surface area contributed by atoms with Gasteiger partial charge < -0.3 is 5.11 Å². The monoisotopic (exact) mass is 250 g/mol. The van der Waals surface area contributed by atoms with E-state index in [1.165, 1.54) is 17.5 Å². The minimum Gasteiger partial charge on any atom is -0.477 e. The summed E-state index contributed by atoms with van der Waals surface area (Å²) < 4.78 is 1.68. The Morgan fingerprint density at radius 1 is 1.44 bits per heavy atom. The van der Waals surface area contributed by atoms with E-state index in [0.29, 0.717) is 4.96 Å². The molecule has 0 aliphatic heterocycles. The zero-order chi connectivity index (χ0) is 11.1. The second-order valence-electron chi connectivity index (χ2n) is 3.16. The Balaban J connectivity index is 2.33. The van der Waals surface area contributed by atoms with Gasteiger partial charge in [0.25, 0.3) is 0 Å². The van der Waals surface area contributed by atoms with Gasteiger partial charge in [0, 0.05) is 5.38 Å². The molecular weight excluding hydrogens is 244 g/mol. The van der Waals surface area contributed by atoms with Gasteiger partial charge >= 0.3 is 5.97 Å². The first-order valence-corrected chi connectivity index (χ1v) is 6.25. The Bertz CT molecular complexity index is 652. The lowest BCUT2D eigenvalue weighted by molar-refractivity contribution is 0.0689. The average molecular weight is 250 g/mol. The molecule has 80 valence electrons. The van der Waals surface area contributed by atoms with E-state index in [1.54, 1.807) is 15.7 Å². The van der Waals surface area contributed by atoms with Crippen molar-refractivity contribution < 1.29 is 9.90 Å². The number of aromatic carboxylic acids is 1. The Labute approximate surface area is 98.4 Å². The number of fused-ring (bicyclic) bond motifs is 1. The number of nitrogens with zero attached hydrogens (tertiary/aromatic N) is 2. The van der Waals surface area contributed by atoms with Crippen molar-refractivity contribution in [3.63, 3.8) is 0 Å². The van der Waals surface area contributed by atoms with E-state index in [4.69, 9.17) is 5.11 Å². The summed E-state index contributed by atoms with van der Waals surface area (Å²) in [7, 11) is 0. The van der Waals surface area contributed by atoms with Gasteiger partial charge in [0.2, 0.25) is 0 Å². The SMILES string of the molecule is O=C(O)c1cnc2scc(-c3cccs3)n12. The summed E-state index contributed by atoms with van der Waals surface area (Å²) in [5, 5.41) is 13.0. The molecule has 3 aromatic rings. The number of aromatic nitrogens is 2. The summed E-state index contributed by atoms with van der Waals surface area (Å²) in [5.41, 5.74) is 1.10. The van der Waals surface area contributed by atoms with Crippen LogP contribution in [0.1, 0.15) is 10.5 Å². The number of hydrogen-bond donors (Lipinski definition) is 1. The first kappa shape index (κ1) is 9.56. The normalized spacial score (nSPS) is 11.0. The molecule has 6 heteroatoms. The van der Waals surface area contributed by atoms with Gasteiger partial charge in [-0.2, -0.15) is 0 Å². The molecule has 0 aliphatic carbocycles. The van der Waals surface area contributed by atoms with Crippen molar-refractivity contribution in [1.82, 2.24) is 9.38 Å². The number of thiophene rings is 1. The highest BCUT2D eigenvalue weighted by molar-refractivity contribution is 7.16. The molecule has 16 heavy (non-hydrogen) atoms. The predicted octanol–water partition coefficient (Wildman–Crippen LogP) is 2.82.